The summed E-state index contributed by atoms with van der Waals surface area (Å²) in [7, 11) is 0. The molecule has 0 atom stereocenters. The normalized spacial score (nSPS) is 10.6. The van der Waals surface area contributed by atoms with Gasteiger partial charge in [-0.25, -0.2) is 0 Å². The molecule has 0 saturated carbocycles. The Hall–Kier alpha value is -0.930. The third-order valence-corrected chi connectivity index (χ3v) is 3.80. The number of rotatable bonds is 5. The second kappa shape index (κ2) is 7.19. The van der Waals surface area contributed by atoms with Gasteiger partial charge in [-0.2, -0.15) is 0 Å². The van der Waals surface area contributed by atoms with Crippen molar-refractivity contribution in [3.63, 3.8) is 0 Å². The molecule has 0 saturated heterocycles. The van der Waals surface area contributed by atoms with Crippen LogP contribution in [0.2, 0.25) is 15.1 Å². The third-order valence-electron chi connectivity index (χ3n) is 2.76. The average Bonchev–Trinajstić information content (AvgIpc) is 2.42. The molecule has 2 nitrogen and oxygen atoms in total. The zero-order valence-electron chi connectivity index (χ0n) is 10.7. The molecule has 0 fully saturated rings. The summed E-state index contributed by atoms with van der Waals surface area (Å²) in [6.45, 7) is 0.910. The number of halogens is 3. The van der Waals surface area contributed by atoms with E-state index in [4.69, 9.17) is 45.3 Å². The molecular weight excluding hydrogens is 317 g/mol. The number of ether oxygens (including phenoxy) is 1. The fourth-order valence-electron chi connectivity index (χ4n) is 1.83. The monoisotopic (exact) mass is 329 g/mol. The van der Waals surface area contributed by atoms with Crippen LogP contribution < -0.4 is 10.5 Å². The maximum Gasteiger partial charge on any atom is 0.137 e. The predicted octanol–water partition coefficient (Wildman–Crippen LogP) is 4.58. The van der Waals surface area contributed by atoms with Crippen LogP contribution in [0.25, 0.3) is 0 Å². The summed E-state index contributed by atoms with van der Waals surface area (Å²) < 4.78 is 5.43. The second-order valence-electron chi connectivity index (χ2n) is 4.33. The van der Waals surface area contributed by atoms with Crippen LogP contribution in [0.3, 0.4) is 0 Å². The van der Waals surface area contributed by atoms with E-state index in [1.165, 1.54) is 0 Å². The quantitative estimate of drug-likeness (QED) is 0.871. The number of benzene rings is 2. The van der Waals surface area contributed by atoms with E-state index in [0.29, 0.717) is 34.0 Å². The first kappa shape index (κ1) is 15.5. The fraction of sp³-hybridized carbons (Fsp3) is 0.200. The summed E-state index contributed by atoms with van der Waals surface area (Å²) in [5, 5.41) is 1.69. The Morgan fingerprint density at radius 1 is 0.850 bits per heavy atom. The van der Waals surface area contributed by atoms with Crippen molar-refractivity contribution in [2.24, 2.45) is 5.73 Å². The van der Waals surface area contributed by atoms with Gasteiger partial charge in [-0.15, -0.1) is 0 Å². The van der Waals surface area contributed by atoms with Crippen LogP contribution in [-0.4, -0.2) is 13.2 Å². The zero-order valence-corrected chi connectivity index (χ0v) is 13.0. The van der Waals surface area contributed by atoms with Crippen molar-refractivity contribution in [1.29, 1.82) is 0 Å². The summed E-state index contributed by atoms with van der Waals surface area (Å²) in [4.78, 5) is 0. The lowest BCUT2D eigenvalue weighted by Gasteiger charge is -2.09. The van der Waals surface area contributed by atoms with E-state index >= 15 is 0 Å². The van der Waals surface area contributed by atoms with Crippen LogP contribution in [0, 0.1) is 0 Å². The lowest BCUT2D eigenvalue weighted by Crippen LogP contribution is -2.10. The van der Waals surface area contributed by atoms with Gasteiger partial charge in [0, 0.05) is 6.54 Å². The highest BCUT2D eigenvalue weighted by Gasteiger charge is 2.05. The van der Waals surface area contributed by atoms with Gasteiger partial charge in [-0.1, -0.05) is 46.9 Å². The van der Waals surface area contributed by atoms with Crippen molar-refractivity contribution in [3.05, 3.63) is 62.6 Å². The van der Waals surface area contributed by atoms with E-state index < -0.39 is 0 Å². The molecular formula is C15H14Cl3NO. The van der Waals surface area contributed by atoms with Crippen molar-refractivity contribution in [2.45, 2.75) is 6.42 Å². The van der Waals surface area contributed by atoms with Gasteiger partial charge in [0.1, 0.15) is 12.4 Å². The number of hydrogen-bond acceptors (Lipinski definition) is 2. The van der Waals surface area contributed by atoms with Crippen LogP contribution in [0.1, 0.15) is 11.1 Å². The molecule has 0 aromatic heterocycles. The van der Waals surface area contributed by atoms with Gasteiger partial charge in [0.25, 0.3) is 0 Å². The van der Waals surface area contributed by atoms with Crippen LogP contribution in [0.5, 0.6) is 5.75 Å². The van der Waals surface area contributed by atoms with Crippen LogP contribution in [0.15, 0.2) is 36.4 Å². The predicted molar refractivity (Wildman–Crippen MR) is 85.3 cm³/mol. The Morgan fingerprint density at radius 2 is 1.50 bits per heavy atom. The number of hydrogen-bond donors (Lipinski definition) is 1. The molecule has 2 aromatic carbocycles. The summed E-state index contributed by atoms with van der Waals surface area (Å²) in [6, 6.07) is 11.3. The average molecular weight is 331 g/mol. The molecule has 0 heterocycles. The summed E-state index contributed by atoms with van der Waals surface area (Å²) in [6.07, 6.45) is 0.730. The minimum Gasteiger partial charge on any atom is -0.491 e. The highest BCUT2D eigenvalue weighted by atomic mass is 35.5. The van der Waals surface area contributed by atoms with E-state index in [1.807, 2.05) is 30.3 Å². The second-order valence-corrected chi connectivity index (χ2v) is 5.55. The van der Waals surface area contributed by atoms with Crippen molar-refractivity contribution in [2.75, 3.05) is 13.2 Å². The summed E-state index contributed by atoms with van der Waals surface area (Å²) >= 11 is 18.1. The van der Waals surface area contributed by atoms with Gasteiger partial charge in [0.2, 0.25) is 0 Å². The molecule has 106 valence electrons. The first-order valence-electron chi connectivity index (χ1n) is 6.15. The Morgan fingerprint density at radius 3 is 2.10 bits per heavy atom. The van der Waals surface area contributed by atoms with Gasteiger partial charge in [-0.05, 0) is 41.8 Å². The molecule has 2 aromatic rings. The van der Waals surface area contributed by atoms with Crippen molar-refractivity contribution < 1.29 is 4.74 Å². The minimum absolute atomic E-state index is 0.450. The van der Waals surface area contributed by atoms with E-state index in [1.54, 1.807) is 6.07 Å². The zero-order chi connectivity index (χ0) is 14.5. The number of nitrogens with two attached hydrogens (primary N) is 1. The van der Waals surface area contributed by atoms with Crippen molar-refractivity contribution in [3.8, 4) is 5.75 Å². The summed E-state index contributed by atoms with van der Waals surface area (Å²) in [5.41, 5.74) is 7.55. The van der Waals surface area contributed by atoms with E-state index in [0.717, 1.165) is 17.5 Å². The Bertz CT molecular complexity index is 602. The van der Waals surface area contributed by atoms with Crippen LogP contribution in [-0.2, 0) is 6.42 Å². The van der Waals surface area contributed by atoms with E-state index in [9.17, 15) is 0 Å². The molecule has 0 aliphatic heterocycles. The Kier molecular flexibility index (Phi) is 5.55. The van der Waals surface area contributed by atoms with Crippen molar-refractivity contribution in [1.82, 2.24) is 0 Å². The maximum atomic E-state index is 6.17. The first-order chi connectivity index (χ1) is 9.60. The molecule has 0 amide bonds. The fourth-order valence-corrected chi connectivity index (χ4v) is 2.40. The van der Waals surface area contributed by atoms with Gasteiger partial charge in [-0.3, -0.25) is 0 Å². The van der Waals surface area contributed by atoms with Gasteiger partial charge in [0.05, 0.1) is 15.1 Å². The molecule has 0 unspecified atom stereocenters. The van der Waals surface area contributed by atoms with Crippen molar-refractivity contribution >= 4 is 34.8 Å². The van der Waals surface area contributed by atoms with Crippen LogP contribution >= 0.6 is 34.8 Å². The summed E-state index contributed by atoms with van der Waals surface area (Å²) in [5.74, 6) is 0.648. The van der Waals surface area contributed by atoms with Crippen LogP contribution in [0.4, 0.5) is 0 Å². The molecule has 0 spiro atoms. The molecule has 2 N–H and O–H groups in total. The SMILES string of the molecule is NCCOc1ccc(Cc2ccc(Cl)c(Cl)c2)cc1Cl. The largest absolute Gasteiger partial charge is 0.491 e. The highest BCUT2D eigenvalue weighted by molar-refractivity contribution is 6.42. The lowest BCUT2D eigenvalue weighted by molar-refractivity contribution is 0.328. The third kappa shape index (κ3) is 4.03. The van der Waals surface area contributed by atoms with Gasteiger partial charge < -0.3 is 10.5 Å². The Balaban J connectivity index is 2.13. The van der Waals surface area contributed by atoms with E-state index in [2.05, 4.69) is 0 Å². The smallest absolute Gasteiger partial charge is 0.137 e. The highest BCUT2D eigenvalue weighted by Crippen LogP contribution is 2.28. The Labute approximate surface area is 133 Å². The van der Waals surface area contributed by atoms with Gasteiger partial charge in [0.15, 0.2) is 0 Å². The molecule has 0 bridgehead atoms. The van der Waals surface area contributed by atoms with Gasteiger partial charge >= 0.3 is 0 Å². The molecule has 20 heavy (non-hydrogen) atoms. The first-order valence-corrected chi connectivity index (χ1v) is 7.29. The topological polar surface area (TPSA) is 35.2 Å². The molecule has 0 radical (unpaired) electrons. The maximum absolute atomic E-state index is 6.17. The molecule has 0 aliphatic rings. The standard InChI is InChI=1S/C15H14Cl3NO/c16-12-3-1-10(8-13(12)17)7-11-2-4-15(14(18)9-11)20-6-5-19/h1-4,8-9H,5-7,19H2. The molecule has 2 rings (SSSR count). The minimum atomic E-state index is 0.450. The molecule has 0 aliphatic carbocycles. The van der Waals surface area contributed by atoms with E-state index in [-0.39, 0.29) is 0 Å². The molecule has 5 heteroatoms. The lowest BCUT2D eigenvalue weighted by atomic mass is 10.1.